The largest absolute Gasteiger partial charge is 0.341 e. The smallest absolute Gasteiger partial charge is 0.115 e. The third-order valence-corrected chi connectivity index (χ3v) is 5.99. The second kappa shape index (κ2) is 9.68. The van der Waals surface area contributed by atoms with Gasteiger partial charge in [0.25, 0.3) is 0 Å². The number of nitrogens with one attached hydrogen (secondary N) is 1. The summed E-state index contributed by atoms with van der Waals surface area (Å²) in [5.41, 5.74) is 9.37. The summed E-state index contributed by atoms with van der Waals surface area (Å²) in [4.78, 5) is 5.92. The van der Waals surface area contributed by atoms with E-state index in [4.69, 9.17) is 0 Å². The van der Waals surface area contributed by atoms with Crippen LogP contribution in [-0.2, 0) is 0 Å². The van der Waals surface area contributed by atoms with Crippen molar-refractivity contribution in [3.8, 4) is 0 Å². The molecule has 0 aliphatic carbocycles. The minimum atomic E-state index is 1.03. The van der Waals surface area contributed by atoms with Crippen LogP contribution in [0, 0.1) is 13.8 Å². The fourth-order valence-corrected chi connectivity index (χ4v) is 4.15. The lowest BCUT2D eigenvalue weighted by atomic mass is 9.97. The summed E-state index contributed by atoms with van der Waals surface area (Å²) in [5.74, 6) is 1.03. The minimum absolute atomic E-state index is 1.03. The van der Waals surface area contributed by atoms with E-state index in [-0.39, 0.29) is 0 Å². The van der Waals surface area contributed by atoms with E-state index in [0.717, 1.165) is 22.9 Å². The standard InChI is InChI=1S/C32H28N2/c1-24-13-18-29(19-14-24)34(30-20-15-25(2)16-21-30)32-22-17-28(33-32)23-31(26-9-5-3-6-10-26)27-11-7-4-8-12-27/h3-23,33H,1-2H3. The number of aryl methyl sites for hydroxylation is 2. The van der Waals surface area contributed by atoms with Crippen molar-refractivity contribution in [2.45, 2.75) is 13.8 Å². The second-order valence-electron chi connectivity index (χ2n) is 8.60. The van der Waals surface area contributed by atoms with E-state index in [1.54, 1.807) is 0 Å². The summed E-state index contributed by atoms with van der Waals surface area (Å²) < 4.78 is 0. The van der Waals surface area contributed by atoms with Crippen LogP contribution in [0.3, 0.4) is 0 Å². The molecule has 0 radical (unpaired) electrons. The molecule has 2 nitrogen and oxygen atoms in total. The highest BCUT2D eigenvalue weighted by molar-refractivity contribution is 5.91. The fourth-order valence-electron chi connectivity index (χ4n) is 4.15. The summed E-state index contributed by atoms with van der Waals surface area (Å²) in [6, 6.07) is 42.7. The molecule has 4 aromatic carbocycles. The molecular weight excluding hydrogens is 412 g/mol. The summed E-state index contributed by atoms with van der Waals surface area (Å²) in [5, 5.41) is 0. The molecule has 0 aliphatic rings. The van der Waals surface area contributed by atoms with E-state index in [2.05, 4.69) is 151 Å². The number of anilines is 3. The Morgan fingerprint density at radius 2 is 1.03 bits per heavy atom. The SMILES string of the molecule is Cc1ccc(N(c2ccc(C)cc2)c2ccc(C=C(c3ccccc3)c3ccccc3)[nH]2)cc1. The van der Waals surface area contributed by atoms with Crippen molar-refractivity contribution in [1.29, 1.82) is 0 Å². The highest BCUT2D eigenvalue weighted by Crippen LogP contribution is 2.35. The first kappa shape index (κ1) is 21.5. The molecule has 0 spiro atoms. The van der Waals surface area contributed by atoms with Crippen LogP contribution in [0.4, 0.5) is 17.2 Å². The van der Waals surface area contributed by atoms with Gasteiger partial charge < -0.3 is 4.98 Å². The number of rotatable bonds is 6. The number of nitrogens with zero attached hydrogens (tertiary/aromatic N) is 1. The number of hydrogen-bond donors (Lipinski definition) is 1. The van der Waals surface area contributed by atoms with Crippen LogP contribution in [0.25, 0.3) is 11.6 Å². The van der Waals surface area contributed by atoms with E-state index in [1.807, 2.05) is 0 Å². The van der Waals surface area contributed by atoms with Gasteiger partial charge in [-0.2, -0.15) is 0 Å². The lowest BCUT2D eigenvalue weighted by Crippen LogP contribution is -2.10. The van der Waals surface area contributed by atoms with Gasteiger partial charge in [-0.05, 0) is 73.0 Å². The third kappa shape index (κ3) is 4.72. The molecule has 1 heterocycles. The fraction of sp³-hybridized carbons (Fsp3) is 0.0625. The molecule has 5 rings (SSSR count). The minimum Gasteiger partial charge on any atom is -0.341 e. The normalized spacial score (nSPS) is 10.6. The Balaban J connectivity index is 1.58. The predicted octanol–water partition coefficient (Wildman–Crippen LogP) is 8.69. The van der Waals surface area contributed by atoms with E-state index in [1.165, 1.54) is 27.8 Å². The van der Waals surface area contributed by atoms with Crippen LogP contribution in [0.5, 0.6) is 0 Å². The van der Waals surface area contributed by atoms with Gasteiger partial charge in [0.2, 0.25) is 0 Å². The van der Waals surface area contributed by atoms with Crippen LogP contribution in [0.2, 0.25) is 0 Å². The van der Waals surface area contributed by atoms with Crippen LogP contribution in [0.1, 0.15) is 27.9 Å². The van der Waals surface area contributed by atoms with E-state index in [9.17, 15) is 0 Å². The maximum absolute atomic E-state index is 3.66. The molecule has 0 fully saturated rings. The molecule has 166 valence electrons. The second-order valence-corrected chi connectivity index (χ2v) is 8.60. The zero-order chi connectivity index (χ0) is 23.3. The van der Waals surface area contributed by atoms with E-state index < -0.39 is 0 Å². The van der Waals surface area contributed by atoms with Crippen molar-refractivity contribution in [2.75, 3.05) is 4.90 Å². The zero-order valence-corrected chi connectivity index (χ0v) is 19.6. The van der Waals surface area contributed by atoms with Crippen molar-refractivity contribution in [1.82, 2.24) is 4.98 Å². The van der Waals surface area contributed by atoms with Crippen molar-refractivity contribution in [3.05, 3.63) is 149 Å². The lowest BCUT2D eigenvalue weighted by Gasteiger charge is -2.24. The topological polar surface area (TPSA) is 19.0 Å². The molecule has 0 unspecified atom stereocenters. The summed E-state index contributed by atoms with van der Waals surface area (Å²) in [6.07, 6.45) is 2.23. The molecule has 34 heavy (non-hydrogen) atoms. The van der Waals surface area contributed by atoms with Gasteiger partial charge in [-0.15, -0.1) is 0 Å². The molecule has 0 saturated heterocycles. The number of benzene rings is 4. The highest BCUT2D eigenvalue weighted by atomic mass is 15.2. The molecule has 0 bridgehead atoms. The molecule has 2 heteroatoms. The molecule has 0 atom stereocenters. The van der Waals surface area contributed by atoms with Crippen LogP contribution in [0.15, 0.2) is 121 Å². The molecule has 0 saturated carbocycles. The quantitative estimate of drug-likeness (QED) is 0.280. The highest BCUT2D eigenvalue weighted by Gasteiger charge is 2.14. The van der Waals surface area contributed by atoms with Gasteiger partial charge in [0, 0.05) is 17.1 Å². The summed E-state index contributed by atoms with van der Waals surface area (Å²) in [6.45, 7) is 4.23. The van der Waals surface area contributed by atoms with Gasteiger partial charge in [-0.1, -0.05) is 96.1 Å². The Kier molecular flexibility index (Phi) is 6.13. The number of H-pyrrole nitrogens is 1. The molecule has 0 aliphatic heterocycles. The van der Waals surface area contributed by atoms with Gasteiger partial charge >= 0.3 is 0 Å². The monoisotopic (exact) mass is 440 g/mol. The third-order valence-electron chi connectivity index (χ3n) is 5.99. The van der Waals surface area contributed by atoms with Crippen LogP contribution < -0.4 is 4.90 Å². The van der Waals surface area contributed by atoms with Crippen molar-refractivity contribution in [2.24, 2.45) is 0 Å². The first-order valence-electron chi connectivity index (χ1n) is 11.6. The zero-order valence-electron chi connectivity index (χ0n) is 19.6. The predicted molar refractivity (Wildman–Crippen MR) is 145 cm³/mol. The molecule has 1 N–H and O–H groups in total. The van der Waals surface area contributed by atoms with Gasteiger partial charge in [0.15, 0.2) is 0 Å². The van der Waals surface area contributed by atoms with Crippen molar-refractivity contribution < 1.29 is 0 Å². The number of hydrogen-bond acceptors (Lipinski definition) is 1. The van der Waals surface area contributed by atoms with Crippen LogP contribution >= 0.6 is 0 Å². The van der Waals surface area contributed by atoms with Crippen molar-refractivity contribution >= 4 is 28.8 Å². The maximum atomic E-state index is 3.66. The Hall–Kier alpha value is -4.30. The number of aromatic nitrogens is 1. The van der Waals surface area contributed by atoms with E-state index >= 15 is 0 Å². The average Bonchev–Trinajstić information content (AvgIpc) is 3.34. The summed E-state index contributed by atoms with van der Waals surface area (Å²) >= 11 is 0. The van der Waals surface area contributed by atoms with Gasteiger partial charge in [0.05, 0.1) is 0 Å². The first-order valence-corrected chi connectivity index (χ1v) is 11.6. The Labute approximate surface area is 201 Å². The van der Waals surface area contributed by atoms with Crippen molar-refractivity contribution in [3.63, 3.8) is 0 Å². The molecular formula is C32H28N2. The molecule has 0 amide bonds. The van der Waals surface area contributed by atoms with Gasteiger partial charge in [-0.3, -0.25) is 4.90 Å². The first-order chi connectivity index (χ1) is 16.7. The number of aromatic amines is 1. The van der Waals surface area contributed by atoms with Crippen LogP contribution in [-0.4, -0.2) is 4.98 Å². The lowest BCUT2D eigenvalue weighted by molar-refractivity contribution is 1.20. The Bertz CT molecular complexity index is 1290. The molecule has 1 aromatic heterocycles. The Morgan fingerprint density at radius 3 is 1.50 bits per heavy atom. The molecule has 5 aromatic rings. The van der Waals surface area contributed by atoms with E-state index in [0.29, 0.717) is 0 Å². The van der Waals surface area contributed by atoms with Gasteiger partial charge in [-0.25, -0.2) is 0 Å². The Morgan fingerprint density at radius 1 is 0.559 bits per heavy atom. The van der Waals surface area contributed by atoms with Gasteiger partial charge in [0.1, 0.15) is 5.82 Å². The average molecular weight is 441 g/mol. The summed E-state index contributed by atoms with van der Waals surface area (Å²) in [7, 11) is 0. The maximum Gasteiger partial charge on any atom is 0.115 e.